The molecule has 25 heavy (non-hydrogen) atoms. The number of rotatable bonds is 5. The van der Waals surface area contributed by atoms with Crippen LogP contribution in [0.5, 0.6) is 0 Å². The number of fused-ring (bicyclic) bond motifs is 1. The summed E-state index contributed by atoms with van der Waals surface area (Å²) < 4.78 is 30.9. The molecule has 0 spiro atoms. The number of benzene rings is 1. The van der Waals surface area contributed by atoms with Crippen LogP contribution in [-0.4, -0.2) is 67.5 Å². The van der Waals surface area contributed by atoms with Gasteiger partial charge >= 0.3 is 6.03 Å². The van der Waals surface area contributed by atoms with E-state index in [9.17, 15) is 18.0 Å². The maximum atomic E-state index is 12.1. The van der Waals surface area contributed by atoms with Crippen molar-refractivity contribution in [2.24, 2.45) is 0 Å². The van der Waals surface area contributed by atoms with Gasteiger partial charge in [0.05, 0.1) is 10.6 Å². The van der Waals surface area contributed by atoms with Gasteiger partial charge in [-0.15, -0.1) is 0 Å². The second-order valence-electron chi connectivity index (χ2n) is 5.46. The van der Waals surface area contributed by atoms with Crippen LogP contribution in [0.4, 0.5) is 4.79 Å². The first-order valence-corrected chi connectivity index (χ1v) is 9.76. The maximum absolute atomic E-state index is 12.1. The van der Waals surface area contributed by atoms with Gasteiger partial charge in [-0.05, 0) is 18.2 Å². The summed E-state index contributed by atoms with van der Waals surface area (Å²) in [5.41, 5.74) is 0.809. The zero-order chi connectivity index (χ0) is 18.2. The average Bonchev–Trinajstić information content (AvgIpc) is 3.17. The van der Waals surface area contributed by atoms with E-state index in [0.717, 1.165) is 21.0 Å². The Kier molecular flexibility index (Phi) is 4.71. The number of amides is 3. The third kappa shape index (κ3) is 3.48. The Hall–Kier alpha value is -2.11. The number of oxazole rings is 1. The van der Waals surface area contributed by atoms with E-state index in [1.54, 1.807) is 0 Å². The lowest BCUT2D eigenvalue weighted by Crippen LogP contribution is -2.35. The van der Waals surface area contributed by atoms with Crippen LogP contribution < -0.4 is 5.32 Å². The molecule has 2 heterocycles. The minimum Gasteiger partial charge on any atom is -0.431 e. The number of carbonyl (C=O) groups is 2. The van der Waals surface area contributed by atoms with Crippen molar-refractivity contribution < 1.29 is 22.4 Å². The third-order valence-electron chi connectivity index (χ3n) is 3.59. The van der Waals surface area contributed by atoms with E-state index in [4.69, 9.17) is 4.42 Å². The van der Waals surface area contributed by atoms with Gasteiger partial charge < -0.3 is 9.73 Å². The predicted molar refractivity (Wildman–Crippen MR) is 90.7 cm³/mol. The van der Waals surface area contributed by atoms with Gasteiger partial charge in [-0.3, -0.25) is 9.69 Å². The molecule has 3 amide bonds. The minimum absolute atomic E-state index is 0.00307. The lowest BCUT2D eigenvalue weighted by Gasteiger charge is -2.10. The molecular weight excluding hydrogens is 368 g/mol. The first-order chi connectivity index (χ1) is 11.8. The SMILES string of the molecule is CN(C)S(=O)(=O)c1ccc2oc(SCC(=O)N3CCNC3=O)nc2c1. The monoisotopic (exact) mass is 384 g/mol. The molecule has 0 atom stereocenters. The van der Waals surface area contributed by atoms with Crippen molar-refractivity contribution in [1.82, 2.24) is 19.5 Å². The van der Waals surface area contributed by atoms with Gasteiger partial charge in [-0.1, -0.05) is 11.8 Å². The zero-order valence-corrected chi connectivity index (χ0v) is 15.2. The normalized spacial score (nSPS) is 15.2. The zero-order valence-electron chi connectivity index (χ0n) is 13.6. The summed E-state index contributed by atoms with van der Waals surface area (Å²) in [6, 6.07) is 3.99. The molecule has 2 aromatic rings. The third-order valence-corrected chi connectivity index (χ3v) is 6.22. The topological polar surface area (TPSA) is 113 Å². The van der Waals surface area contributed by atoms with Crippen molar-refractivity contribution in [2.45, 2.75) is 10.1 Å². The van der Waals surface area contributed by atoms with E-state index in [1.807, 2.05) is 0 Å². The highest BCUT2D eigenvalue weighted by molar-refractivity contribution is 7.99. The Morgan fingerprint density at radius 1 is 1.44 bits per heavy atom. The molecule has 0 unspecified atom stereocenters. The van der Waals surface area contributed by atoms with Crippen molar-refractivity contribution in [2.75, 3.05) is 32.9 Å². The standard InChI is InChI=1S/C14H16N4O5S2/c1-17(2)25(21,22)9-3-4-11-10(7-9)16-14(23-11)24-8-12(19)18-6-5-15-13(18)20/h3-4,7H,5-6,8H2,1-2H3,(H,15,20). The van der Waals surface area contributed by atoms with Crippen LogP contribution in [0.2, 0.25) is 0 Å². The molecule has 11 heteroatoms. The Balaban J connectivity index is 1.75. The highest BCUT2D eigenvalue weighted by Gasteiger charge is 2.26. The molecule has 1 saturated heterocycles. The van der Waals surface area contributed by atoms with Gasteiger partial charge in [0.25, 0.3) is 5.22 Å². The number of hydrogen-bond acceptors (Lipinski definition) is 7. The molecule has 134 valence electrons. The maximum Gasteiger partial charge on any atom is 0.324 e. The van der Waals surface area contributed by atoms with Gasteiger partial charge in [0, 0.05) is 27.2 Å². The Labute approximate surface area is 148 Å². The lowest BCUT2D eigenvalue weighted by molar-refractivity contribution is -0.124. The Bertz CT molecular complexity index is 938. The molecule has 3 rings (SSSR count). The molecule has 0 bridgehead atoms. The minimum atomic E-state index is -3.56. The van der Waals surface area contributed by atoms with Crippen LogP contribution in [0.25, 0.3) is 11.1 Å². The van der Waals surface area contributed by atoms with Gasteiger partial charge in [0.15, 0.2) is 5.58 Å². The lowest BCUT2D eigenvalue weighted by atomic mass is 10.3. The first-order valence-electron chi connectivity index (χ1n) is 7.33. The molecule has 9 nitrogen and oxygen atoms in total. The summed E-state index contributed by atoms with van der Waals surface area (Å²) in [7, 11) is -0.666. The van der Waals surface area contributed by atoms with Crippen molar-refractivity contribution in [3.63, 3.8) is 0 Å². The molecule has 0 radical (unpaired) electrons. The van der Waals surface area contributed by atoms with Crippen molar-refractivity contribution in [3.05, 3.63) is 18.2 Å². The van der Waals surface area contributed by atoms with Crippen LogP contribution >= 0.6 is 11.8 Å². The first kappa shape index (κ1) is 17.7. The number of aromatic nitrogens is 1. The largest absolute Gasteiger partial charge is 0.431 e. The fourth-order valence-corrected chi connectivity index (χ4v) is 3.87. The summed E-state index contributed by atoms with van der Waals surface area (Å²) in [5, 5.41) is 2.79. The van der Waals surface area contributed by atoms with Gasteiger partial charge in [-0.25, -0.2) is 22.5 Å². The molecular formula is C14H16N4O5S2. The summed E-state index contributed by atoms with van der Waals surface area (Å²) in [5.74, 6) is -0.332. The van der Waals surface area contributed by atoms with E-state index < -0.39 is 16.1 Å². The van der Waals surface area contributed by atoms with Gasteiger partial charge in [0.1, 0.15) is 5.52 Å². The number of imide groups is 1. The smallest absolute Gasteiger partial charge is 0.324 e. The highest BCUT2D eigenvalue weighted by atomic mass is 32.2. The average molecular weight is 384 g/mol. The van der Waals surface area contributed by atoms with E-state index in [1.165, 1.54) is 32.3 Å². The summed E-state index contributed by atoms with van der Waals surface area (Å²) in [4.78, 5) is 28.9. The van der Waals surface area contributed by atoms with Crippen LogP contribution in [-0.2, 0) is 14.8 Å². The van der Waals surface area contributed by atoms with Crippen LogP contribution in [0.1, 0.15) is 0 Å². The van der Waals surface area contributed by atoms with Gasteiger partial charge in [0.2, 0.25) is 15.9 Å². The number of hydrogen-bond donors (Lipinski definition) is 1. The molecule has 1 aliphatic heterocycles. The van der Waals surface area contributed by atoms with E-state index >= 15 is 0 Å². The van der Waals surface area contributed by atoms with Crippen LogP contribution in [0.3, 0.4) is 0 Å². The predicted octanol–water partition coefficient (Wildman–Crippen LogP) is 0.722. The molecule has 1 aliphatic rings. The fraction of sp³-hybridized carbons (Fsp3) is 0.357. The summed E-state index contributed by atoms with van der Waals surface area (Å²) in [6.45, 7) is 0.790. The number of carbonyl (C=O) groups excluding carboxylic acids is 2. The molecule has 1 aromatic heterocycles. The molecule has 0 aliphatic carbocycles. The van der Waals surface area contributed by atoms with Crippen LogP contribution in [0, 0.1) is 0 Å². The summed E-state index contributed by atoms with van der Waals surface area (Å²) in [6.07, 6.45) is 0. The molecule has 0 saturated carbocycles. The Morgan fingerprint density at radius 2 is 2.20 bits per heavy atom. The van der Waals surface area contributed by atoms with E-state index in [0.29, 0.717) is 24.2 Å². The second kappa shape index (κ2) is 6.65. The number of urea groups is 1. The molecule has 1 fully saturated rings. The number of nitrogens with one attached hydrogen (secondary N) is 1. The van der Waals surface area contributed by atoms with Crippen LogP contribution in [0.15, 0.2) is 32.7 Å². The van der Waals surface area contributed by atoms with Crippen molar-refractivity contribution in [1.29, 1.82) is 0 Å². The second-order valence-corrected chi connectivity index (χ2v) is 8.54. The quantitative estimate of drug-likeness (QED) is 0.756. The number of nitrogens with zero attached hydrogens (tertiary/aromatic N) is 3. The van der Waals surface area contributed by atoms with E-state index in [-0.39, 0.29) is 21.8 Å². The fourth-order valence-electron chi connectivity index (χ4n) is 2.23. The van der Waals surface area contributed by atoms with Gasteiger partial charge in [-0.2, -0.15) is 0 Å². The molecule has 1 aromatic carbocycles. The van der Waals surface area contributed by atoms with Crippen molar-refractivity contribution >= 4 is 44.8 Å². The van der Waals surface area contributed by atoms with Crippen molar-refractivity contribution in [3.8, 4) is 0 Å². The molecule has 1 N–H and O–H groups in total. The summed E-state index contributed by atoms with van der Waals surface area (Å²) >= 11 is 1.05. The Morgan fingerprint density at radius 3 is 2.84 bits per heavy atom. The highest BCUT2D eigenvalue weighted by Crippen LogP contribution is 2.26. The van der Waals surface area contributed by atoms with E-state index in [2.05, 4.69) is 10.3 Å². The number of sulfonamides is 1. The number of thioether (sulfide) groups is 1.